The van der Waals surface area contributed by atoms with E-state index in [0.717, 1.165) is 0 Å². The molecule has 2 heterocycles. The van der Waals surface area contributed by atoms with E-state index in [1.54, 1.807) is 24.3 Å². The Morgan fingerprint density at radius 1 is 1.09 bits per heavy atom. The summed E-state index contributed by atoms with van der Waals surface area (Å²) in [5.74, 6) is -1.14. The number of carbonyl (C=O) groups is 3. The summed E-state index contributed by atoms with van der Waals surface area (Å²) in [5.41, 5.74) is -0.143. The first kappa shape index (κ1) is 23.0. The lowest BCUT2D eigenvalue weighted by Crippen LogP contribution is -2.28. The van der Waals surface area contributed by atoms with Crippen LogP contribution >= 0.6 is 23.2 Å². The van der Waals surface area contributed by atoms with Crippen molar-refractivity contribution in [1.29, 1.82) is 0 Å². The molecule has 0 atom stereocenters. The molecule has 0 radical (unpaired) electrons. The molecule has 3 aromatic rings. The van der Waals surface area contributed by atoms with E-state index in [1.165, 1.54) is 22.8 Å². The van der Waals surface area contributed by atoms with Gasteiger partial charge in [-0.25, -0.2) is 9.79 Å². The number of aromatic nitrogens is 3. The standard InChI is InChI=1S/C20H13Cl2N7O5/c21-10-4-6-11(7-5-10)23-20(32)25-19-27-26-18-24-13(16(31)9-28(18)19)8-15(30)12-2-1-3-14(17(12)22)29(33)34/h1-7H,8-9H2,(H2,23,25,27,32). The van der Waals surface area contributed by atoms with Gasteiger partial charge < -0.3 is 5.32 Å². The summed E-state index contributed by atoms with van der Waals surface area (Å²) in [4.78, 5) is 51.9. The van der Waals surface area contributed by atoms with E-state index in [0.29, 0.717) is 10.7 Å². The number of Topliss-reactive ketones (excluding diaryl/α,β-unsaturated/α-hetero) is 2. The van der Waals surface area contributed by atoms with E-state index in [4.69, 9.17) is 23.2 Å². The van der Waals surface area contributed by atoms with Crippen LogP contribution in [0.25, 0.3) is 0 Å². The second kappa shape index (κ2) is 9.37. The second-order valence-electron chi connectivity index (χ2n) is 6.97. The highest BCUT2D eigenvalue weighted by Gasteiger charge is 2.28. The molecule has 0 saturated heterocycles. The summed E-state index contributed by atoms with van der Waals surface area (Å²) in [6.07, 6.45) is -0.438. The maximum atomic E-state index is 12.7. The minimum Gasteiger partial charge on any atom is -0.308 e. The first-order chi connectivity index (χ1) is 16.2. The lowest BCUT2D eigenvalue weighted by atomic mass is 10.0. The monoisotopic (exact) mass is 501 g/mol. The number of nitrogens with zero attached hydrogens (tertiary/aromatic N) is 5. The van der Waals surface area contributed by atoms with E-state index >= 15 is 0 Å². The van der Waals surface area contributed by atoms with Gasteiger partial charge in [0.2, 0.25) is 5.95 Å². The van der Waals surface area contributed by atoms with Crippen molar-refractivity contribution >= 4 is 69.8 Å². The molecule has 12 nitrogen and oxygen atoms in total. The fourth-order valence-electron chi connectivity index (χ4n) is 3.09. The van der Waals surface area contributed by atoms with Gasteiger partial charge >= 0.3 is 6.03 Å². The van der Waals surface area contributed by atoms with Crippen LogP contribution in [0.5, 0.6) is 0 Å². The van der Waals surface area contributed by atoms with Gasteiger partial charge in [0.05, 0.1) is 23.6 Å². The molecular formula is C20H13Cl2N7O5. The van der Waals surface area contributed by atoms with Crippen molar-refractivity contribution in [3.8, 4) is 0 Å². The zero-order chi connectivity index (χ0) is 24.4. The molecule has 0 bridgehead atoms. The normalized spacial score (nSPS) is 12.5. The Morgan fingerprint density at radius 3 is 2.53 bits per heavy atom. The molecule has 0 spiro atoms. The topological polar surface area (TPSA) is 161 Å². The van der Waals surface area contributed by atoms with Crippen molar-refractivity contribution in [2.75, 3.05) is 10.6 Å². The van der Waals surface area contributed by atoms with E-state index in [-0.39, 0.29) is 34.7 Å². The summed E-state index contributed by atoms with van der Waals surface area (Å²) in [6.45, 7) is -0.270. The molecule has 0 saturated carbocycles. The fraction of sp³-hybridized carbons (Fsp3) is 0.100. The smallest absolute Gasteiger partial charge is 0.308 e. The molecule has 2 aromatic carbocycles. The number of nitro groups is 1. The van der Waals surface area contributed by atoms with Gasteiger partial charge in [0.15, 0.2) is 11.6 Å². The van der Waals surface area contributed by atoms with Crippen molar-refractivity contribution < 1.29 is 19.3 Å². The van der Waals surface area contributed by atoms with E-state index in [2.05, 4.69) is 25.8 Å². The first-order valence-electron chi connectivity index (χ1n) is 9.56. The highest BCUT2D eigenvalue weighted by molar-refractivity contribution is 6.45. The number of hydrogen-bond acceptors (Lipinski definition) is 8. The molecule has 0 unspecified atom stereocenters. The Hall–Kier alpha value is -4.16. The molecule has 1 aliphatic heterocycles. The zero-order valence-electron chi connectivity index (χ0n) is 17.0. The van der Waals surface area contributed by atoms with Crippen LogP contribution in [0.4, 0.5) is 28.1 Å². The minimum atomic E-state index is -0.706. The van der Waals surface area contributed by atoms with Gasteiger partial charge in [-0.05, 0) is 30.3 Å². The van der Waals surface area contributed by atoms with Gasteiger partial charge in [-0.3, -0.25) is 29.6 Å². The van der Waals surface area contributed by atoms with Crippen LogP contribution in [0.3, 0.4) is 0 Å². The number of urea groups is 1. The molecule has 14 heteroatoms. The molecule has 0 fully saturated rings. The Balaban J connectivity index is 1.49. The third-order valence-electron chi connectivity index (χ3n) is 4.72. The predicted octanol–water partition coefficient (Wildman–Crippen LogP) is 4.07. The summed E-state index contributed by atoms with van der Waals surface area (Å²) >= 11 is 11.8. The Labute approximate surface area is 200 Å². The summed E-state index contributed by atoms with van der Waals surface area (Å²) in [5, 5.41) is 24.0. The molecular weight excluding hydrogens is 489 g/mol. The average molecular weight is 502 g/mol. The molecule has 34 heavy (non-hydrogen) atoms. The Morgan fingerprint density at radius 2 is 1.82 bits per heavy atom. The Kier molecular flexibility index (Phi) is 6.34. The molecule has 4 rings (SSSR count). The largest absolute Gasteiger partial charge is 0.326 e. The molecule has 1 aliphatic rings. The van der Waals surface area contributed by atoms with Crippen molar-refractivity contribution in [2.24, 2.45) is 4.99 Å². The van der Waals surface area contributed by atoms with Crippen LogP contribution in [0, 0.1) is 10.1 Å². The summed E-state index contributed by atoms with van der Waals surface area (Å²) in [6, 6.07) is 9.61. The lowest BCUT2D eigenvalue weighted by molar-refractivity contribution is -0.384. The maximum Gasteiger partial charge on any atom is 0.326 e. The lowest BCUT2D eigenvalue weighted by Gasteiger charge is -2.14. The van der Waals surface area contributed by atoms with Gasteiger partial charge in [-0.2, -0.15) is 0 Å². The average Bonchev–Trinajstić information content (AvgIpc) is 3.16. The zero-order valence-corrected chi connectivity index (χ0v) is 18.5. The number of hydrogen-bond donors (Lipinski definition) is 2. The Bertz CT molecular complexity index is 1370. The van der Waals surface area contributed by atoms with Crippen molar-refractivity contribution in [3.63, 3.8) is 0 Å². The summed E-state index contributed by atoms with van der Waals surface area (Å²) in [7, 11) is 0. The van der Waals surface area contributed by atoms with E-state index in [1.807, 2.05) is 0 Å². The number of nitro benzene ring substituents is 1. The fourth-order valence-corrected chi connectivity index (χ4v) is 3.52. The number of nitrogens with one attached hydrogen (secondary N) is 2. The highest BCUT2D eigenvalue weighted by Crippen LogP contribution is 2.29. The summed E-state index contributed by atoms with van der Waals surface area (Å²) < 4.78 is 1.28. The molecule has 2 amide bonds. The van der Waals surface area contributed by atoms with Crippen LogP contribution in [-0.4, -0.2) is 43.0 Å². The number of anilines is 2. The number of aliphatic imine (C=N–C) groups is 1. The third-order valence-corrected chi connectivity index (χ3v) is 5.37. The number of ketones is 2. The number of fused-ring (bicyclic) bond motifs is 1. The van der Waals surface area contributed by atoms with Gasteiger partial charge in [-0.1, -0.05) is 29.3 Å². The van der Waals surface area contributed by atoms with Crippen LogP contribution in [0.1, 0.15) is 16.8 Å². The number of amides is 2. The van der Waals surface area contributed by atoms with Crippen LogP contribution in [0.2, 0.25) is 10.0 Å². The van der Waals surface area contributed by atoms with Crippen LogP contribution in [0.15, 0.2) is 47.5 Å². The quantitative estimate of drug-likeness (QED) is 0.292. The van der Waals surface area contributed by atoms with E-state index < -0.39 is 34.6 Å². The SMILES string of the molecule is O=C(Nc1ccc(Cl)cc1)Nc1nnc2n1CC(=O)C(CC(=O)c1cccc([N+](=O)[O-])c1Cl)=N2. The molecule has 172 valence electrons. The highest BCUT2D eigenvalue weighted by atomic mass is 35.5. The van der Waals surface area contributed by atoms with Crippen LogP contribution < -0.4 is 10.6 Å². The number of carbonyl (C=O) groups excluding carboxylic acids is 3. The van der Waals surface area contributed by atoms with E-state index in [9.17, 15) is 24.5 Å². The number of halogens is 2. The van der Waals surface area contributed by atoms with Crippen LogP contribution in [-0.2, 0) is 11.3 Å². The van der Waals surface area contributed by atoms with Gasteiger partial charge in [-0.15, -0.1) is 10.2 Å². The molecule has 2 N–H and O–H groups in total. The second-order valence-corrected chi connectivity index (χ2v) is 7.79. The molecule has 0 aliphatic carbocycles. The number of rotatable bonds is 6. The van der Waals surface area contributed by atoms with Crippen molar-refractivity contribution in [3.05, 3.63) is 68.2 Å². The van der Waals surface area contributed by atoms with Gasteiger partial charge in [0.1, 0.15) is 5.02 Å². The first-order valence-corrected chi connectivity index (χ1v) is 10.3. The van der Waals surface area contributed by atoms with Crippen molar-refractivity contribution in [1.82, 2.24) is 14.8 Å². The maximum absolute atomic E-state index is 12.7. The predicted molar refractivity (Wildman–Crippen MR) is 123 cm³/mol. The van der Waals surface area contributed by atoms with Gasteiger partial charge in [0.25, 0.3) is 11.6 Å². The minimum absolute atomic E-state index is 0.00864. The third kappa shape index (κ3) is 4.77. The van der Waals surface area contributed by atoms with Crippen molar-refractivity contribution in [2.45, 2.75) is 13.0 Å². The number of benzene rings is 2. The van der Waals surface area contributed by atoms with Gasteiger partial charge in [0, 0.05) is 22.3 Å². The molecule has 1 aromatic heterocycles.